The molecule has 0 radical (unpaired) electrons. The summed E-state index contributed by atoms with van der Waals surface area (Å²) in [4.78, 5) is 13.2. The Labute approximate surface area is 137 Å². The fourth-order valence-corrected chi connectivity index (χ4v) is 2.71. The maximum absolute atomic E-state index is 12.5. The lowest BCUT2D eigenvalue weighted by molar-refractivity contribution is -0.137. The number of rotatable bonds is 2. The van der Waals surface area contributed by atoms with Gasteiger partial charge in [0.15, 0.2) is 0 Å². The Kier molecular flexibility index (Phi) is 4.75. The maximum atomic E-state index is 12.5. The SMILES string of the molecule is O=C1N(SC(Cl)(Cl)Cl)NCN1c1ccc(C(F)(F)F)cc1. The van der Waals surface area contributed by atoms with Crippen molar-refractivity contribution in [2.75, 3.05) is 11.6 Å². The number of anilines is 1. The molecule has 1 aromatic carbocycles. The molecule has 116 valence electrons. The Morgan fingerprint density at radius 2 is 1.71 bits per heavy atom. The molecule has 1 aliphatic rings. The van der Waals surface area contributed by atoms with Crippen molar-refractivity contribution in [3.05, 3.63) is 29.8 Å². The number of benzene rings is 1. The van der Waals surface area contributed by atoms with Gasteiger partial charge in [0.2, 0.25) is 0 Å². The number of halogens is 6. The highest BCUT2D eigenvalue weighted by atomic mass is 35.6. The van der Waals surface area contributed by atoms with Crippen LogP contribution in [0.4, 0.5) is 23.7 Å². The van der Waals surface area contributed by atoms with Gasteiger partial charge in [-0.25, -0.2) is 4.79 Å². The van der Waals surface area contributed by atoms with Crippen LogP contribution in [0, 0.1) is 0 Å². The number of carbonyl (C=O) groups excluding carboxylic acids is 1. The molecule has 0 spiro atoms. The number of nitrogens with one attached hydrogen (secondary N) is 1. The highest BCUT2D eigenvalue weighted by molar-refractivity contribution is 8.03. The van der Waals surface area contributed by atoms with Crippen LogP contribution in [0.25, 0.3) is 0 Å². The van der Waals surface area contributed by atoms with Crippen LogP contribution in [-0.2, 0) is 6.18 Å². The van der Waals surface area contributed by atoms with Gasteiger partial charge in [-0.15, -0.1) is 0 Å². The van der Waals surface area contributed by atoms with Gasteiger partial charge < -0.3 is 0 Å². The molecule has 1 fully saturated rings. The maximum Gasteiger partial charge on any atom is 0.416 e. The second-order valence-corrected chi connectivity index (χ2v) is 8.02. The van der Waals surface area contributed by atoms with E-state index in [-0.39, 0.29) is 6.67 Å². The molecule has 0 saturated carbocycles. The number of hydrogen-bond acceptors (Lipinski definition) is 3. The van der Waals surface area contributed by atoms with Gasteiger partial charge in [-0.1, -0.05) is 34.8 Å². The highest BCUT2D eigenvalue weighted by Crippen LogP contribution is 2.41. The minimum Gasteiger partial charge on any atom is -0.278 e. The molecule has 0 unspecified atom stereocenters. The van der Waals surface area contributed by atoms with E-state index < -0.39 is 20.9 Å². The lowest BCUT2D eigenvalue weighted by Gasteiger charge is -2.19. The minimum atomic E-state index is -4.43. The molecule has 0 atom stereocenters. The van der Waals surface area contributed by atoms with Gasteiger partial charge >= 0.3 is 12.2 Å². The number of hydrazine groups is 1. The van der Waals surface area contributed by atoms with E-state index >= 15 is 0 Å². The Morgan fingerprint density at radius 1 is 1.14 bits per heavy atom. The van der Waals surface area contributed by atoms with Gasteiger partial charge in [0, 0.05) is 17.6 Å². The third kappa shape index (κ3) is 4.23. The monoisotopic (exact) mass is 379 g/mol. The summed E-state index contributed by atoms with van der Waals surface area (Å²) in [6.45, 7) is 0.0535. The van der Waals surface area contributed by atoms with Crippen molar-refractivity contribution in [2.45, 2.75) is 9.30 Å². The van der Waals surface area contributed by atoms with Crippen molar-refractivity contribution in [1.82, 2.24) is 9.84 Å². The number of urea groups is 1. The second-order valence-electron chi connectivity index (χ2n) is 3.90. The number of amides is 2. The van der Waals surface area contributed by atoms with E-state index in [2.05, 4.69) is 5.43 Å². The van der Waals surface area contributed by atoms with E-state index in [4.69, 9.17) is 34.8 Å². The lowest BCUT2D eigenvalue weighted by atomic mass is 10.2. The Balaban J connectivity index is 2.12. The molecule has 0 aromatic heterocycles. The van der Waals surface area contributed by atoms with Crippen molar-refractivity contribution in [1.29, 1.82) is 0 Å². The summed E-state index contributed by atoms with van der Waals surface area (Å²) in [6.07, 6.45) is -4.43. The van der Waals surface area contributed by atoms with E-state index in [9.17, 15) is 18.0 Å². The van der Waals surface area contributed by atoms with Gasteiger partial charge in [-0.05, 0) is 24.3 Å². The van der Waals surface area contributed by atoms with Crippen LogP contribution >= 0.6 is 46.8 Å². The molecule has 4 nitrogen and oxygen atoms in total. The molecule has 1 aliphatic heterocycles. The van der Waals surface area contributed by atoms with Crippen LogP contribution in [0.3, 0.4) is 0 Å². The molecule has 0 aliphatic carbocycles. The fraction of sp³-hybridized carbons (Fsp3) is 0.300. The predicted octanol–water partition coefficient (Wildman–Crippen LogP) is 4.39. The normalized spacial score (nSPS) is 16.8. The smallest absolute Gasteiger partial charge is 0.278 e. The largest absolute Gasteiger partial charge is 0.416 e. The molecular formula is C10H7Cl3F3N3OS. The van der Waals surface area contributed by atoms with E-state index in [0.29, 0.717) is 17.6 Å². The average molecular weight is 381 g/mol. The van der Waals surface area contributed by atoms with Crippen molar-refractivity contribution in [3.63, 3.8) is 0 Å². The van der Waals surface area contributed by atoms with Crippen LogP contribution in [0.2, 0.25) is 0 Å². The van der Waals surface area contributed by atoms with E-state index in [0.717, 1.165) is 16.5 Å². The standard InChI is InChI=1S/C10H7Cl3F3N3OS/c11-10(12,13)21-19-8(20)18(5-17-19)7-3-1-6(2-4-7)9(14,15)16/h1-4,17H,5H2. The highest BCUT2D eigenvalue weighted by Gasteiger charge is 2.37. The average Bonchev–Trinajstić information content (AvgIpc) is 2.68. The zero-order valence-electron chi connectivity index (χ0n) is 10.00. The first-order valence-electron chi connectivity index (χ1n) is 5.36. The number of carbonyl (C=O) groups is 1. The van der Waals surface area contributed by atoms with E-state index in [1.807, 2.05) is 0 Å². The Morgan fingerprint density at radius 3 is 2.19 bits per heavy atom. The fourth-order valence-electron chi connectivity index (χ4n) is 1.59. The van der Waals surface area contributed by atoms with Crippen LogP contribution in [0.5, 0.6) is 0 Å². The van der Waals surface area contributed by atoms with Crippen molar-refractivity contribution in [3.8, 4) is 0 Å². The first-order chi connectivity index (χ1) is 9.58. The van der Waals surface area contributed by atoms with Crippen LogP contribution in [-0.4, -0.2) is 20.2 Å². The van der Waals surface area contributed by atoms with E-state index in [1.165, 1.54) is 17.0 Å². The molecule has 1 saturated heterocycles. The molecule has 2 amide bonds. The van der Waals surface area contributed by atoms with Gasteiger partial charge in [-0.2, -0.15) is 23.0 Å². The molecule has 2 rings (SSSR count). The molecule has 11 heteroatoms. The molecule has 0 bridgehead atoms. The van der Waals surface area contributed by atoms with Gasteiger partial charge in [-0.3, -0.25) is 4.90 Å². The van der Waals surface area contributed by atoms with Crippen molar-refractivity contribution >= 4 is 58.5 Å². The van der Waals surface area contributed by atoms with Gasteiger partial charge in [0.25, 0.3) is 3.12 Å². The summed E-state index contributed by atoms with van der Waals surface area (Å²) < 4.78 is 36.7. The molecule has 1 aromatic rings. The first kappa shape index (κ1) is 16.8. The third-order valence-electron chi connectivity index (χ3n) is 2.48. The van der Waals surface area contributed by atoms with Gasteiger partial charge in [0.05, 0.1) is 12.2 Å². The zero-order chi connectivity index (χ0) is 15.8. The minimum absolute atomic E-state index is 0.0535. The van der Waals surface area contributed by atoms with Crippen LogP contribution in [0.1, 0.15) is 5.56 Å². The molecule has 1 heterocycles. The predicted molar refractivity (Wildman–Crippen MR) is 77.0 cm³/mol. The van der Waals surface area contributed by atoms with Crippen LogP contribution in [0.15, 0.2) is 24.3 Å². The molecule has 21 heavy (non-hydrogen) atoms. The van der Waals surface area contributed by atoms with Crippen molar-refractivity contribution < 1.29 is 18.0 Å². The Hall–Kier alpha value is -0.540. The summed E-state index contributed by atoms with van der Waals surface area (Å²) in [7, 11) is 0. The third-order valence-corrected chi connectivity index (χ3v) is 3.77. The van der Waals surface area contributed by atoms with Crippen LogP contribution < -0.4 is 10.3 Å². The zero-order valence-corrected chi connectivity index (χ0v) is 13.1. The van der Waals surface area contributed by atoms with E-state index in [1.54, 1.807) is 0 Å². The number of nitrogens with zero attached hydrogens (tertiary/aromatic N) is 2. The topological polar surface area (TPSA) is 35.6 Å². The summed E-state index contributed by atoms with van der Waals surface area (Å²) in [5.41, 5.74) is 2.16. The summed E-state index contributed by atoms with van der Waals surface area (Å²) in [5.74, 6) is 0. The quantitative estimate of drug-likeness (QED) is 0.611. The first-order valence-corrected chi connectivity index (χ1v) is 7.27. The Bertz CT molecular complexity index is 535. The number of hydrogen-bond donors (Lipinski definition) is 1. The summed E-state index contributed by atoms with van der Waals surface area (Å²) in [5, 5.41) is 0. The lowest BCUT2D eigenvalue weighted by Crippen LogP contribution is -2.31. The van der Waals surface area contributed by atoms with Crippen molar-refractivity contribution in [2.24, 2.45) is 0 Å². The number of alkyl halides is 6. The second kappa shape index (κ2) is 5.92. The van der Waals surface area contributed by atoms with Gasteiger partial charge in [0.1, 0.15) is 0 Å². The summed E-state index contributed by atoms with van der Waals surface area (Å²) >= 11 is 17.3. The molecular weight excluding hydrogens is 374 g/mol. The summed E-state index contributed by atoms with van der Waals surface area (Å²) in [6, 6.07) is 3.64. The molecule has 1 N–H and O–H groups in total.